The molecule has 0 spiro atoms. The van der Waals surface area contributed by atoms with Gasteiger partial charge in [-0.2, -0.15) is 0 Å². The Morgan fingerprint density at radius 3 is 2.73 bits per heavy atom. The van der Waals surface area contributed by atoms with Gasteiger partial charge in [0.15, 0.2) is 0 Å². The first-order valence-electron chi connectivity index (χ1n) is 9.02. The minimum Gasteiger partial charge on any atom is -0.458 e. The number of fused-ring (bicyclic) bond motifs is 1. The first-order chi connectivity index (χ1) is 12.4. The van der Waals surface area contributed by atoms with Crippen molar-refractivity contribution in [3.8, 4) is 0 Å². The van der Waals surface area contributed by atoms with E-state index in [1.54, 1.807) is 6.92 Å². The fraction of sp³-hybridized carbons (Fsp3) is 0.600. The van der Waals surface area contributed by atoms with Crippen LogP contribution in [0.4, 0.5) is 0 Å². The van der Waals surface area contributed by atoms with Crippen LogP contribution in [-0.4, -0.2) is 47.6 Å². The molecule has 144 valence electrons. The zero-order chi connectivity index (χ0) is 19.3. The number of carbonyl (C=O) groups excluding carboxylic acids is 2. The normalized spacial score (nSPS) is 34.0. The van der Waals surface area contributed by atoms with Crippen LogP contribution in [0.25, 0.3) is 0 Å². The fourth-order valence-electron chi connectivity index (χ4n) is 3.54. The monoisotopic (exact) mass is 364 g/mol. The van der Waals surface area contributed by atoms with E-state index in [2.05, 4.69) is 6.08 Å². The molecule has 1 saturated heterocycles. The topological polar surface area (TPSA) is 93.1 Å². The lowest BCUT2D eigenvalue weighted by Crippen LogP contribution is -2.36. The van der Waals surface area contributed by atoms with Crippen molar-refractivity contribution < 1.29 is 29.3 Å². The average molecular weight is 364 g/mol. The van der Waals surface area contributed by atoms with Crippen molar-refractivity contribution in [1.29, 1.82) is 0 Å². The Kier molecular flexibility index (Phi) is 7.17. The molecule has 0 unspecified atom stereocenters. The second kappa shape index (κ2) is 9.14. The second-order valence-corrected chi connectivity index (χ2v) is 7.09. The molecule has 4 atom stereocenters. The van der Waals surface area contributed by atoms with Gasteiger partial charge in [-0.05, 0) is 38.8 Å². The maximum atomic E-state index is 12.4. The standard InChI is InChI=1S/C20H28O6/c1-12-5-4-6-13(2)10-17(26-20(24)15(11-22)7-8-21)18-14(3)19(23)25-16(18)9-12/h6-7,9,14,16-18,21-22H,4-5,8,10-11H2,1-3H3/b12-9+,13-6+,15-7+/t14-,16+,17+,18-/m0/s1. The molecule has 2 rings (SSSR count). The Hall–Kier alpha value is -1.92. The number of carbonyl (C=O) groups is 2. The number of esters is 2. The summed E-state index contributed by atoms with van der Waals surface area (Å²) in [5, 5.41) is 18.3. The second-order valence-electron chi connectivity index (χ2n) is 7.09. The molecular formula is C20H28O6. The van der Waals surface area contributed by atoms with Crippen molar-refractivity contribution in [2.75, 3.05) is 13.2 Å². The predicted molar refractivity (Wildman–Crippen MR) is 96.0 cm³/mol. The molecule has 0 aromatic heterocycles. The Morgan fingerprint density at radius 2 is 2.08 bits per heavy atom. The van der Waals surface area contributed by atoms with Crippen molar-refractivity contribution in [3.63, 3.8) is 0 Å². The third kappa shape index (κ3) is 4.83. The Balaban J connectivity index is 2.34. The van der Waals surface area contributed by atoms with Crippen LogP contribution >= 0.6 is 0 Å². The Bertz CT molecular complexity index is 630. The molecule has 6 heteroatoms. The molecule has 0 aromatic carbocycles. The minimum absolute atomic E-state index is 0.00685. The summed E-state index contributed by atoms with van der Waals surface area (Å²) in [6, 6.07) is 0. The van der Waals surface area contributed by atoms with E-state index >= 15 is 0 Å². The van der Waals surface area contributed by atoms with Gasteiger partial charge in [-0.15, -0.1) is 0 Å². The lowest BCUT2D eigenvalue weighted by atomic mass is 9.82. The first-order valence-corrected chi connectivity index (χ1v) is 9.02. The van der Waals surface area contributed by atoms with Gasteiger partial charge in [0.2, 0.25) is 0 Å². The molecule has 1 heterocycles. The van der Waals surface area contributed by atoms with Gasteiger partial charge in [0.1, 0.15) is 12.2 Å². The van der Waals surface area contributed by atoms with Crippen LogP contribution in [0.2, 0.25) is 0 Å². The van der Waals surface area contributed by atoms with Gasteiger partial charge >= 0.3 is 11.9 Å². The highest BCUT2D eigenvalue weighted by molar-refractivity contribution is 5.89. The molecule has 0 saturated carbocycles. The van der Waals surface area contributed by atoms with E-state index in [9.17, 15) is 14.7 Å². The molecule has 1 aliphatic carbocycles. The highest BCUT2D eigenvalue weighted by atomic mass is 16.6. The van der Waals surface area contributed by atoms with Gasteiger partial charge in [-0.3, -0.25) is 4.79 Å². The quantitative estimate of drug-likeness (QED) is 0.451. The summed E-state index contributed by atoms with van der Waals surface area (Å²) >= 11 is 0. The molecule has 2 aliphatic rings. The largest absolute Gasteiger partial charge is 0.458 e. The van der Waals surface area contributed by atoms with Gasteiger partial charge in [-0.1, -0.05) is 24.1 Å². The van der Waals surface area contributed by atoms with E-state index < -0.39 is 30.7 Å². The third-order valence-electron chi connectivity index (χ3n) is 5.04. The van der Waals surface area contributed by atoms with Crippen LogP contribution in [0, 0.1) is 11.8 Å². The molecule has 26 heavy (non-hydrogen) atoms. The van der Waals surface area contributed by atoms with E-state index in [-0.39, 0.29) is 24.1 Å². The molecule has 1 fully saturated rings. The van der Waals surface area contributed by atoms with Gasteiger partial charge in [0.05, 0.1) is 30.6 Å². The number of aliphatic hydroxyl groups is 2. The smallest absolute Gasteiger partial charge is 0.336 e. The summed E-state index contributed by atoms with van der Waals surface area (Å²) in [6.07, 6.45) is 6.59. The molecule has 0 bridgehead atoms. The fourth-order valence-corrected chi connectivity index (χ4v) is 3.54. The number of rotatable bonds is 4. The molecule has 1 aliphatic heterocycles. The molecule has 2 N–H and O–H groups in total. The van der Waals surface area contributed by atoms with E-state index in [4.69, 9.17) is 14.6 Å². The van der Waals surface area contributed by atoms with Crippen molar-refractivity contribution in [1.82, 2.24) is 0 Å². The van der Waals surface area contributed by atoms with E-state index in [0.29, 0.717) is 6.42 Å². The number of ether oxygens (including phenoxy) is 2. The van der Waals surface area contributed by atoms with E-state index in [0.717, 1.165) is 24.0 Å². The molecule has 0 aromatic rings. The van der Waals surface area contributed by atoms with Gasteiger partial charge < -0.3 is 19.7 Å². The number of hydrogen-bond donors (Lipinski definition) is 2. The van der Waals surface area contributed by atoms with Crippen molar-refractivity contribution in [3.05, 3.63) is 34.9 Å². The van der Waals surface area contributed by atoms with Crippen LogP contribution in [0.5, 0.6) is 0 Å². The number of hydrogen-bond acceptors (Lipinski definition) is 6. The summed E-state index contributed by atoms with van der Waals surface area (Å²) < 4.78 is 11.2. The van der Waals surface area contributed by atoms with Gasteiger partial charge in [0, 0.05) is 6.42 Å². The zero-order valence-electron chi connectivity index (χ0n) is 15.6. The van der Waals surface area contributed by atoms with Crippen molar-refractivity contribution >= 4 is 11.9 Å². The average Bonchev–Trinajstić information content (AvgIpc) is 2.85. The molecular weight excluding hydrogens is 336 g/mol. The van der Waals surface area contributed by atoms with Gasteiger partial charge in [0.25, 0.3) is 0 Å². The summed E-state index contributed by atoms with van der Waals surface area (Å²) in [5.41, 5.74) is 2.22. The number of aliphatic hydroxyl groups excluding tert-OH is 2. The lowest BCUT2D eigenvalue weighted by molar-refractivity contribution is -0.149. The maximum Gasteiger partial charge on any atom is 0.336 e. The molecule has 0 radical (unpaired) electrons. The van der Waals surface area contributed by atoms with Crippen LogP contribution in [0.15, 0.2) is 34.9 Å². The van der Waals surface area contributed by atoms with E-state index in [1.807, 2.05) is 19.9 Å². The lowest BCUT2D eigenvalue weighted by Gasteiger charge is -2.29. The van der Waals surface area contributed by atoms with Crippen molar-refractivity contribution in [2.24, 2.45) is 11.8 Å². The third-order valence-corrected chi connectivity index (χ3v) is 5.04. The number of allylic oxidation sites excluding steroid dienone is 2. The van der Waals surface area contributed by atoms with Crippen LogP contribution < -0.4 is 0 Å². The highest BCUT2D eigenvalue weighted by Gasteiger charge is 2.47. The highest BCUT2D eigenvalue weighted by Crippen LogP contribution is 2.37. The van der Waals surface area contributed by atoms with Crippen LogP contribution in [0.1, 0.15) is 40.0 Å². The molecule has 0 amide bonds. The van der Waals surface area contributed by atoms with Crippen LogP contribution in [0.3, 0.4) is 0 Å². The summed E-state index contributed by atoms with van der Waals surface area (Å²) in [4.78, 5) is 24.6. The summed E-state index contributed by atoms with van der Waals surface area (Å²) in [7, 11) is 0. The molecule has 6 nitrogen and oxygen atoms in total. The van der Waals surface area contributed by atoms with Crippen LogP contribution in [-0.2, 0) is 19.1 Å². The van der Waals surface area contributed by atoms with Gasteiger partial charge in [-0.25, -0.2) is 4.79 Å². The Morgan fingerprint density at radius 1 is 1.35 bits per heavy atom. The summed E-state index contributed by atoms with van der Waals surface area (Å²) in [6.45, 7) is 4.90. The summed E-state index contributed by atoms with van der Waals surface area (Å²) in [5.74, 6) is -1.66. The zero-order valence-corrected chi connectivity index (χ0v) is 15.6. The van der Waals surface area contributed by atoms with Crippen molar-refractivity contribution in [2.45, 2.75) is 52.2 Å². The SMILES string of the molecule is C/C1=C\[C@H]2OC(=O)[C@@H](C)[C@@H]2[C@H](OC(=O)/C(=C/CO)CO)C/C(C)=C/CC1. The van der Waals surface area contributed by atoms with E-state index in [1.165, 1.54) is 6.08 Å². The minimum atomic E-state index is -0.678. The maximum absolute atomic E-state index is 12.4. The predicted octanol–water partition coefficient (Wildman–Crippen LogP) is 2.06. The first kappa shape index (κ1) is 20.4. The Labute approximate surface area is 154 Å².